The molecule has 0 radical (unpaired) electrons. The van der Waals surface area contributed by atoms with Gasteiger partial charge in [0.2, 0.25) is 0 Å². The molecule has 0 saturated carbocycles. The summed E-state index contributed by atoms with van der Waals surface area (Å²) in [7, 11) is 2.76. The molecule has 0 saturated heterocycles. The molecular formula is C16H12ClFO4. The van der Waals surface area contributed by atoms with Crippen molar-refractivity contribution in [3.63, 3.8) is 0 Å². The van der Waals surface area contributed by atoms with Crippen molar-refractivity contribution in [1.82, 2.24) is 0 Å². The Kier molecular flexibility index (Phi) is 4.78. The van der Waals surface area contributed by atoms with Crippen molar-refractivity contribution in [1.29, 1.82) is 0 Å². The number of hydrogen-bond donors (Lipinski definition) is 0. The van der Waals surface area contributed by atoms with Crippen LogP contribution >= 0.6 is 11.6 Å². The minimum Gasteiger partial charge on any atom is -0.493 e. The van der Waals surface area contributed by atoms with Crippen molar-refractivity contribution in [2.24, 2.45) is 0 Å². The van der Waals surface area contributed by atoms with E-state index in [-0.39, 0.29) is 28.2 Å². The monoisotopic (exact) mass is 322 g/mol. The molecule has 0 N–H and O–H groups in total. The summed E-state index contributed by atoms with van der Waals surface area (Å²) in [6.07, 6.45) is 0. The molecule has 2 rings (SSSR count). The Balaban J connectivity index is 2.67. The number of rotatable bonds is 5. The number of ether oxygens (including phenoxy) is 2. The van der Waals surface area contributed by atoms with Gasteiger partial charge < -0.3 is 9.47 Å². The van der Waals surface area contributed by atoms with Gasteiger partial charge in [0.1, 0.15) is 5.82 Å². The summed E-state index contributed by atoms with van der Waals surface area (Å²) >= 11 is 5.54. The number of ketones is 1. The minimum atomic E-state index is -0.800. The maximum atomic E-state index is 13.0. The van der Waals surface area contributed by atoms with Crippen LogP contribution < -0.4 is 9.47 Å². The van der Waals surface area contributed by atoms with Gasteiger partial charge in [-0.1, -0.05) is 0 Å². The van der Waals surface area contributed by atoms with Gasteiger partial charge in [-0.25, -0.2) is 4.39 Å². The lowest BCUT2D eigenvalue weighted by atomic mass is 9.97. The Morgan fingerprint density at radius 2 is 1.64 bits per heavy atom. The van der Waals surface area contributed by atoms with E-state index in [4.69, 9.17) is 21.1 Å². The predicted molar refractivity (Wildman–Crippen MR) is 79.6 cm³/mol. The smallest absolute Gasteiger partial charge is 0.253 e. The Morgan fingerprint density at radius 3 is 2.14 bits per heavy atom. The van der Waals surface area contributed by atoms with Gasteiger partial charge in [0.15, 0.2) is 17.3 Å². The molecule has 2 aromatic carbocycles. The van der Waals surface area contributed by atoms with Crippen LogP contribution in [0.5, 0.6) is 11.5 Å². The van der Waals surface area contributed by atoms with Crippen LogP contribution in [0.1, 0.15) is 26.3 Å². The largest absolute Gasteiger partial charge is 0.493 e. The minimum absolute atomic E-state index is 0.00589. The molecule has 0 atom stereocenters. The predicted octanol–water partition coefficient (Wildman–Crippen LogP) is 3.45. The van der Waals surface area contributed by atoms with Crippen molar-refractivity contribution in [2.75, 3.05) is 14.2 Å². The Bertz CT molecular complexity index is 726. The highest BCUT2D eigenvalue weighted by Gasteiger charge is 2.25. The third kappa shape index (κ3) is 2.94. The molecule has 0 amide bonds. The first-order valence-electron chi connectivity index (χ1n) is 6.24. The molecule has 0 fully saturated rings. The molecule has 0 unspecified atom stereocenters. The van der Waals surface area contributed by atoms with Gasteiger partial charge in [0.25, 0.3) is 5.24 Å². The summed E-state index contributed by atoms with van der Waals surface area (Å²) in [6.45, 7) is 0. The number of halogens is 2. The lowest BCUT2D eigenvalue weighted by Crippen LogP contribution is -2.11. The molecule has 0 bridgehead atoms. The van der Waals surface area contributed by atoms with E-state index < -0.39 is 16.8 Å². The van der Waals surface area contributed by atoms with Gasteiger partial charge in [-0.2, -0.15) is 0 Å². The molecule has 2 aromatic rings. The maximum absolute atomic E-state index is 13.0. The molecule has 114 valence electrons. The fraction of sp³-hybridized carbons (Fsp3) is 0.125. The molecule has 0 aromatic heterocycles. The van der Waals surface area contributed by atoms with Crippen molar-refractivity contribution in [3.05, 3.63) is 58.9 Å². The van der Waals surface area contributed by atoms with E-state index in [1.807, 2.05) is 0 Å². The fourth-order valence-electron chi connectivity index (χ4n) is 2.06. The normalized spacial score (nSPS) is 10.2. The van der Waals surface area contributed by atoms with Crippen LogP contribution in [0, 0.1) is 5.82 Å². The van der Waals surface area contributed by atoms with Crippen molar-refractivity contribution >= 4 is 22.6 Å². The average molecular weight is 323 g/mol. The zero-order valence-electron chi connectivity index (χ0n) is 11.9. The first kappa shape index (κ1) is 16.0. The van der Waals surface area contributed by atoms with Crippen molar-refractivity contribution < 1.29 is 23.5 Å². The SMILES string of the molecule is COc1ccc(C(=O)Cl)c(C(=O)c2ccc(F)cc2)c1OC. The molecule has 22 heavy (non-hydrogen) atoms. The van der Waals surface area contributed by atoms with Crippen LogP contribution in [0.3, 0.4) is 0 Å². The average Bonchev–Trinajstić information content (AvgIpc) is 2.53. The summed E-state index contributed by atoms with van der Waals surface area (Å²) in [5.41, 5.74) is 0.175. The van der Waals surface area contributed by atoms with Crippen molar-refractivity contribution in [2.45, 2.75) is 0 Å². The zero-order valence-corrected chi connectivity index (χ0v) is 12.6. The Morgan fingerprint density at radius 1 is 1.00 bits per heavy atom. The molecule has 0 heterocycles. The third-order valence-corrected chi connectivity index (χ3v) is 3.29. The summed E-state index contributed by atoms with van der Waals surface area (Å²) in [4.78, 5) is 24.2. The third-order valence-electron chi connectivity index (χ3n) is 3.09. The molecule has 0 aliphatic carbocycles. The highest BCUT2D eigenvalue weighted by molar-refractivity contribution is 6.68. The van der Waals surface area contributed by atoms with Crippen LogP contribution in [0.25, 0.3) is 0 Å². The van der Waals surface area contributed by atoms with Crippen LogP contribution in [0.15, 0.2) is 36.4 Å². The van der Waals surface area contributed by atoms with Gasteiger partial charge in [0, 0.05) is 11.1 Å². The second kappa shape index (κ2) is 6.58. The maximum Gasteiger partial charge on any atom is 0.253 e. The van der Waals surface area contributed by atoms with E-state index in [2.05, 4.69) is 0 Å². The van der Waals surface area contributed by atoms with E-state index in [9.17, 15) is 14.0 Å². The van der Waals surface area contributed by atoms with Crippen LogP contribution in [0.2, 0.25) is 0 Å². The van der Waals surface area contributed by atoms with Gasteiger partial charge in [-0.15, -0.1) is 0 Å². The molecule has 0 aliphatic heterocycles. The van der Waals surface area contributed by atoms with Gasteiger partial charge in [-0.05, 0) is 48.0 Å². The molecular weight excluding hydrogens is 311 g/mol. The van der Waals surface area contributed by atoms with E-state index in [0.717, 1.165) is 12.1 Å². The zero-order chi connectivity index (χ0) is 16.3. The summed E-state index contributed by atoms with van der Waals surface area (Å²) in [5, 5.41) is -0.800. The van der Waals surface area contributed by atoms with Crippen LogP contribution in [-0.4, -0.2) is 25.2 Å². The number of carbonyl (C=O) groups excluding carboxylic acids is 2. The molecule has 6 heteroatoms. The molecule has 4 nitrogen and oxygen atoms in total. The standard InChI is InChI=1S/C16H12ClFO4/c1-21-12-8-7-11(16(17)20)13(15(12)22-2)14(19)9-3-5-10(18)6-4-9/h3-8H,1-2H3. The van der Waals surface area contributed by atoms with Gasteiger partial charge in [-0.3, -0.25) is 9.59 Å². The topological polar surface area (TPSA) is 52.6 Å². The number of hydrogen-bond acceptors (Lipinski definition) is 4. The van der Waals surface area contributed by atoms with Gasteiger partial charge in [0.05, 0.1) is 19.8 Å². The second-order valence-corrected chi connectivity index (χ2v) is 4.68. The first-order chi connectivity index (χ1) is 10.5. The summed E-state index contributed by atoms with van der Waals surface area (Å²) in [6, 6.07) is 7.81. The molecule has 0 aliphatic rings. The van der Waals surface area contributed by atoms with E-state index in [1.165, 1.54) is 38.5 Å². The van der Waals surface area contributed by atoms with Crippen molar-refractivity contribution in [3.8, 4) is 11.5 Å². The quantitative estimate of drug-likeness (QED) is 0.625. The number of methoxy groups -OCH3 is 2. The Hall–Kier alpha value is -2.40. The number of carbonyl (C=O) groups is 2. The van der Waals surface area contributed by atoms with Crippen LogP contribution in [-0.2, 0) is 0 Å². The fourth-order valence-corrected chi connectivity index (χ4v) is 2.22. The lowest BCUT2D eigenvalue weighted by molar-refractivity contribution is 0.101. The van der Waals surface area contributed by atoms with E-state index in [0.29, 0.717) is 0 Å². The van der Waals surface area contributed by atoms with Gasteiger partial charge >= 0.3 is 0 Å². The number of benzene rings is 2. The van der Waals surface area contributed by atoms with E-state index in [1.54, 1.807) is 0 Å². The van der Waals surface area contributed by atoms with Crippen LogP contribution in [0.4, 0.5) is 4.39 Å². The summed E-state index contributed by atoms with van der Waals surface area (Å²) < 4.78 is 23.3. The lowest BCUT2D eigenvalue weighted by Gasteiger charge is -2.14. The molecule has 0 spiro atoms. The Labute approximate surface area is 131 Å². The highest BCUT2D eigenvalue weighted by Crippen LogP contribution is 2.35. The first-order valence-corrected chi connectivity index (χ1v) is 6.62. The summed E-state index contributed by atoms with van der Waals surface area (Å²) in [5.74, 6) is -0.597. The van der Waals surface area contributed by atoms with E-state index >= 15 is 0 Å². The second-order valence-electron chi connectivity index (χ2n) is 4.33. The highest BCUT2D eigenvalue weighted by atomic mass is 35.5.